The average molecular weight is 338 g/mol. The van der Waals surface area contributed by atoms with Crippen LogP contribution in [0.1, 0.15) is 10.4 Å². The highest BCUT2D eigenvalue weighted by atomic mass is 32.2. The van der Waals surface area contributed by atoms with Gasteiger partial charge in [-0.2, -0.15) is 0 Å². The summed E-state index contributed by atoms with van der Waals surface area (Å²) in [6.45, 7) is 0. The van der Waals surface area contributed by atoms with Crippen LogP contribution >= 0.6 is 23.1 Å². The summed E-state index contributed by atoms with van der Waals surface area (Å²) in [5.74, 6) is 0.111. The van der Waals surface area contributed by atoms with Crippen LogP contribution < -0.4 is 0 Å². The van der Waals surface area contributed by atoms with Gasteiger partial charge in [0.05, 0.1) is 10.2 Å². The van der Waals surface area contributed by atoms with Gasteiger partial charge in [-0.1, -0.05) is 24.3 Å². The predicted molar refractivity (Wildman–Crippen MR) is 93.2 cm³/mol. The van der Waals surface area contributed by atoms with Crippen LogP contribution in [0.4, 0.5) is 0 Å². The second-order valence-electron chi connectivity index (χ2n) is 4.91. The summed E-state index contributed by atoms with van der Waals surface area (Å²) in [5.41, 5.74) is 1.88. The molecule has 2 aromatic heterocycles. The third kappa shape index (κ3) is 2.67. The van der Waals surface area contributed by atoms with E-state index < -0.39 is 0 Å². The molecule has 6 heteroatoms. The fourth-order valence-corrected chi connectivity index (χ4v) is 4.18. The van der Waals surface area contributed by atoms with Crippen LogP contribution in [-0.2, 0) is 0 Å². The van der Waals surface area contributed by atoms with Gasteiger partial charge in [-0.05, 0) is 36.0 Å². The van der Waals surface area contributed by atoms with Crippen LogP contribution in [0.15, 0.2) is 59.1 Å². The molecule has 0 aliphatic carbocycles. The molecule has 0 saturated heterocycles. The van der Waals surface area contributed by atoms with Crippen molar-refractivity contribution in [3.05, 3.63) is 60.3 Å². The molecule has 0 unspecified atom stereocenters. The molecule has 112 valence electrons. The molecule has 2 aromatic carbocycles. The Bertz CT molecular complexity index is 1010. The number of thiazole rings is 1. The highest BCUT2D eigenvalue weighted by Crippen LogP contribution is 2.32. The van der Waals surface area contributed by atoms with Crippen LogP contribution in [-0.4, -0.2) is 20.2 Å². The van der Waals surface area contributed by atoms with Crippen molar-refractivity contribution in [1.82, 2.24) is 9.97 Å². The number of rotatable bonds is 2. The minimum absolute atomic E-state index is 0.109. The standard InChI is InChI=1S/C17H10N2O2S2/c20-13-6-3-4-10-8-11(9-18-15(10)13)16(21)23-17-19-12-5-1-2-7-14(12)22-17/h1-9,20H. The lowest BCUT2D eigenvalue weighted by molar-refractivity contribution is 0.108. The normalized spacial score (nSPS) is 11.1. The Hall–Kier alpha value is -2.44. The van der Waals surface area contributed by atoms with Gasteiger partial charge in [0.2, 0.25) is 5.12 Å². The van der Waals surface area contributed by atoms with E-state index in [1.807, 2.05) is 30.3 Å². The molecule has 0 radical (unpaired) electrons. The molecule has 0 aliphatic heterocycles. The number of hydrogen-bond acceptors (Lipinski definition) is 6. The molecule has 2 heterocycles. The zero-order valence-electron chi connectivity index (χ0n) is 11.8. The zero-order chi connectivity index (χ0) is 15.8. The second kappa shape index (κ2) is 5.64. The number of thioether (sulfide) groups is 1. The quantitative estimate of drug-likeness (QED) is 0.546. The van der Waals surface area contributed by atoms with Crippen LogP contribution in [0.25, 0.3) is 21.1 Å². The molecule has 0 amide bonds. The average Bonchev–Trinajstić information content (AvgIpc) is 2.97. The minimum atomic E-state index is -0.109. The number of nitrogens with zero attached hydrogens (tertiary/aromatic N) is 2. The van der Waals surface area contributed by atoms with E-state index >= 15 is 0 Å². The van der Waals surface area contributed by atoms with E-state index in [1.54, 1.807) is 18.2 Å². The van der Waals surface area contributed by atoms with Gasteiger partial charge in [-0.25, -0.2) is 4.98 Å². The molecule has 4 rings (SSSR count). The van der Waals surface area contributed by atoms with Gasteiger partial charge in [-0.15, -0.1) is 11.3 Å². The third-order valence-corrected chi connectivity index (χ3v) is 5.40. The summed E-state index contributed by atoms with van der Waals surface area (Å²) < 4.78 is 1.77. The Morgan fingerprint density at radius 3 is 2.87 bits per heavy atom. The molecule has 0 spiro atoms. The first-order valence-corrected chi connectivity index (χ1v) is 8.49. The van der Waals surface area contributed by atoms with Gasteiger partial charge in [-0.3, -0.25) is 9.78 Å². The largest absolute Gasteiger partial charge is 0.506 e. The highest BCUT2D eigenvalue weighted by Gasteiger charge is 2.13. The number of carbonyl (C=O) groups is 1. The number of para-hydroxylation sites is 2. The van der Waals surface area contributed by atoms with Crippen molar-refractivity contribution in [3.63, 3.8) is 0 Å². The number of hydrogen-bond donors (Lipinski definition) is 1. The first-order chi connectivity index (χ1) is 11.2. The monoisotopic (exact) mass is 338 g/mol. The van der Waals surface area contributed by atoms with E-state index in [9.17, 15) is 9.90 Å². The summed E-state index contributed by atoms with van der Waals surface area (Å²) in [6, 6.07) is 14.7. The van der Waals surface area contributed by atoms with Crippen molar-refractivity contribution in [2.24, 2.45) is 0 Å². The summed E-state index contributed by atoms with van der Waals surface area (Å²) in [6.07, 6.45) is 1.49. The number of phenols is 1. The number of carbonyl (C=O) groups excluding carboxylic acids is 1. The zero-order valence-corrected chi connectivity index (χ0v) is 13.4. The van der Waals surface area contributed by atoms with Gasteiger partial charge < -0.3 is 5.11 Å². The molecule has 0 atom stereocenters. The number of aromatic hydroxyl groups is 1. The lowest BCUT2D eigenvalue weighted by Crippen LogP contribution is -1.94. The first-order valence-electron chi connectivity index (χ1n) is 6.86. The maximum Gasteiger partial charge on any atom is 0.227 e. The first kappa shape index (κ1) is 14.2. The van der Waals surface area contributed by atoms with E-state index in [4.69, 9.17) is 0 Å². The summed E-state index contributed by atoms with van der Waals surface area (Å²) >= 11 is 2.60. The van der Waals surface area contributed by atoms with Crippen molar-refractivity contribution in [3.8, 4) is 5.75 Å². The van der Waals surface area contributed by atoms with Crippen molar-refractivity contribution >= 4 is 49.3 Å². The smallest absolute Gasteiger partial charge is 0.227 e. The van der Waals surface area contributed by atoms with Gasteiger partial charge in [0, 0.05) is 17.1 Å². The SMILES string of the molecule is O=C(Sc1nc2ccccc2s1)c1cnc2c(O)cccc2c1. The molecule has 0 aliphatic rings. The molecular formula is C17H10N2O2S2. The van der Waals surface area contributed by atoms with E-state index in [0.717, 1.165) is 27.4 Å². The van der Waals surface area contributed by atoms with Crippen molar-refractivity contribution in [1.29, 1.82) is 0 Å². The maximum atomic E-state index is 12.4. The Morgan fingerprint density at radius 2 is 2.00 bits per heavy atom. The molecular weight excluding hydrogens is 328 g/mol. The van der Waals surface area contributed by atoms with E-state index in [0.29, 0.717) is 15.4 Å². The van der Waals surface area contributed by atoms with Crippen LogP contribution in [0.3, 0.4) is 0 Å². The van der Waals surface area contributed by atoms with E-state index in [-0.39, 0.29) is 10.9 Å². The van der Waals surface area contributed by atoms with E-state index in [2.05, 4.69) is 9.97 Å². The molecule has 0 bridgehead atoms. The van der Waals surface area contributed by atoms with Gasteiger partial charge in [0.1, 0.15) is 11.3 Å². The minimum Gasteiger partial charge on any atom is -0.506 e. The lowest BCUT2D eigenvalue weighted by atomic mass is 10.1. The molecule has 0 fully saturated rings. The third-order valence-electron chi connectivity index (χ3n) is 3.38. The number of fused-ring (bicyclic) bond motifs is 2. The van der Waals surface area contributed by atoms with Gasteiger partial charge >= 0.3 is 0 Å². The Labute approximate surface area is 139 Å². The van der Waals surface area contributed by atoms with Crippen LogP contribution in [0.2, 0.25) is 0 Å². The Kier molecular flexibility index (Phi) is 3.48. The fraction of sp³-hybridized carbons (Fsp3) is 0. The van der Waals surface area contributed by atoms with Crippen molar-refractivity contribution in [2.75, 3.05) is 0 Å². The van der Waals surface area contributed by atoms with Crippen molar-refractivity contribution < 1.29 is 9.90 Å². The highest BCUT2D eigenvalue weighted by molar-refractivity contribution is 8.15. The van der Waals surface area contributed by atoms with Gasteiger partial charge in [0.25, 0.3) is 0 Å². The molecule has 1 N–H and O–H groups in total. The van der Waals surface area contributed by atoms with Crippen LogP contribution in [0, 0.1) is 0 Å². The molecule has 4 aromatic rings. The predicted octanol–water partition coefficient (Wildman–Crippen LogP) is 4.48. The lowest BCUT2D eigenvalue weighted by Gasteiger charge is -2.02. The summed E-state index contributed by atoms with van der Waals surface area (Å²) in [5, 5.41) is 10.4. The molecule has 23 heavy (non-hydrogen) atoms. The number of pyridine rings is 1. The topological polar surface area (TPSA) is 63.1 Å². The molecule has 4 nitrogen and oxygen atoms in total. The fourth-order valence-electron chi connectivity index (χ4n) is 2.29. The van der Waals surface area contributed by atoms with Crippen molar-refractivity contribution in [2.45, 2.75) is 4.34 Å². The van der Waals surface area contributed by atoms with Crippen LogP contribution in [0.5, 0.6) is 5.75 Å². The second-order valence-corrected chi connectivity index (χ2v) is 7.16. The number of aromatic nitrogens is 2. The Balaban J connectivity index is 1.66. The maximum absolute atomic E-state index is 12.4. The van der Waals surface area contributed by atoms with E-state index in [1.165, 1.54) is 17.5 Å². The summed E-state index contributed by atoms with van der Waals surface area (Å²) in [4.78, 5) is 21.1. The van der Waals surface area contributed by atoms with Gasteiger partial charge in [0.15, 0.2) is 4.34 Å². The molecule has 0 saturated carbocycles. The number of phenolic OH excluding ortho intramolecular Hbond substituents is 1. The summed E-state index contributed by atoms with van der Waals surface area (Å²) in [7, 11) is 0. The Morgan fingerprint density at radius 1 is 1.13 bits per heavy atom. The number of benzene rings is 2.